The Kier molecular flexibility index (Phi) is 9.38. The van der Waals surface area contributed by atoms with E-state index in [0.717, 1.165) is 40.3 Å². The van der Waals surface area contributed by atoms with Crippen LogP contribution in [0.5, 0.6) is 0 Å². The van der Waals surface area contributed by atoms with Crippen LogP contribution in [0, 0.1) is 11.6 Å². The van der Waals surface area contributed by atoms with Gasteiger partial charge in [-0.3, -0.25) is 4.72 Å². The smallest absolute Gasteiger partial charge is 0.261 e. The van der Waals surface area contributed by atoms with Crippen molar-refractivity contribution >= 4 is 27.0 Å². The van der Waals surface area contributed by atoms with Gasteiger partial charge in [0.1, 0.15) is 0 Å². The summed E-state index contributed by atoms with van der Waals surface area (Å²) in [5, 5.41) is 16.0. The molecule has 0 saturated carbocycles. The van der Waals surface area contributed by atoms with Crippen LogP contribution >= 0.6 is 11.3 Å². The van der Waals surface area contributed by atoms with Crippen LogP contribution in [-0.4, -0.2) is 31.6 Å². The first-order valence-corrected chi connectivity index (χ1v) is 15.7. The van der Waals surface area contributed by atoms with E-state index in [1.54, 1.807) is 41.8 Å². The van der Waals surface area contributed by atoms with Gasteiger partial charge in [0.15, 0.2) is 11.6 Å². The highest BCUT2D eigenvalue weighted by atomic mass is 32.2. The van der Waals surface area contributed by atoms with Crippen LogP contribution in [0.3, 0.4) is 0 Å². The van der Waals surface area contributed by atoms with Gasteiger partial charge in [-0.05, 0) is 72.1 Å². The Morgan fingerprint density at radius 1 is 0.857 bits per heavy atom. The number of aromatic nitrogens is 1. The standard InChI is InChI=1S/C32H29F2N3O3S2/c33-28-15-10-25(19-29(28)34)30-21-41-32(36-30)18-23-8-13-27(14-9-23)42(39,40)37-26-11-6-22(7-12-26)16-17-35-20-31(38)24-4-2-1-3-5-24/h1-15,19,21,31,35,37-38H,16-18,20H2/t31-/m0/s1. The van der Waals surface area contributed by atoms with Crippen molar-refractivity contribution in [1.29, 1.82) is 0 Å². The third kappa shape index (κ3) is 7.65. The molecule has 6 nitrogen and oxygen atoms in total. The fourth-order valence-corrected chi connectivity index (χ4v) is 6.26. The molecule has 0 radical (unpaired) electrons. The molecule has 0 fully saturated rings. The maximum absolute atomic E-state index is 13.6. The quantitative estimate of drug-likeness (QED) is 0.144. The van der Waals surface area contributed by atoms with Crippen molar-refractivity contribution < 1.29 is 22.3 Å². The summed E-state index contributed by atoms with van der Waals surface area (Å²) in [4.78, 5) is 4.65. The number of anilines is 1. The van der Waals surface area contributed by atoms with Gasteiger partial charge >= 0.3 is 0 Å². The lowest BCUT2D eigenvalue weighted by atomic mass is 10.1. The van der Waals surface area contributed by atoms with Crippen LogP contribution in [0.15, 0.2) is 107 Å². The Hall–Kier alpha value is -3.96. The van der Waals surface area contributed by atoms with Crippen molar-refractivity contribution in [2.24, 2.45) is 0 Å². The molecule has 5 aromatic rings. The van der Waals surface area contributed by atoms with E-state index in [2.05, 4.69) is 15.0 Å². The van der Waals surface area contributed by atoms with E-state index >= 15 is 0 Å². The van der Waals surface area contributed by atoms with Gasteiger partial charge in [-0.2, -0.15) is 0 Å². The molecule has 3 N–H and O–H groups in total. The predicted molar refractivity (Wildman–Crippen MR) is 162 cm³/mol. The Bertz CT molecular complexity index is 1730. The number of thiazole rings is 1. The monoisotopic (exact) mass is 605 g/mol. The van der Waals surface area contributed by atoms with Crippen molar-refractivity contribution in [2.75, 3.05) is 17.8 Å². The molecule has 1 aromatic heterocycles. The van der Waals surface area contributed by atoms with E-state index in [1.165, 1.54) is 17.4 Å². The number of sulfonamides is 1. The summed E-state index contributed by atoms with van der Waals surface area (Å²) >= 11 is 1.40. The zero-order valence-corrected chi connectivity index (χ0v) is 24.1. The summed E-state index contributed by atoms with van der Waals surface area (Å²) in [7, 11) is -3.78. The molecule has 0 aliphatic heterocycles. The highest BCUT2D eigenvalue weighted by Gasteiger charge is 2.15. The molecule has 0 bridgehead atoms. The van der Waals surface area contributed by atoms with Crippen LogP contribution in [0.1, 0.15) is 27.8 Å². The third-order valence-electron chi connectivity index (χ3n) is 6.67. The maximum Gasteiger partial charge on any atom is 0.261 e. The molecule has 0 unspecified atom stereocenters. The Balaban J connectivity index is 1.12. The van der Waals surface area contributed by atoms with E-state index in [4.69, 9.17) is 0 Å². The highest BCUT2D eigenvalue weighted by molar-refractivity contribution is 7.92. The molecule has 216 valence electrons. The fourth-order valence-electron chi connectivity index (χ4n) is 4.36. The molecule has 42 heavy (non-hydrogen) atoms. The number of rotatable bonds is 12. The lowest BCUT2D eigenvalue weighted by Gasteiger charge is -2.12. The first kappa shape index (κ1) is 29.5. The van der Waals surface area contributed by atoms with Gasteiger partial charge in [0.05, 0.1) is 21.7 Å². The van der Waals surface area contributed by atoms with Crippen LogP contribution < -0.4 is 10.0 Å². The van der Waals surface area contributed by atoms with Gasteiger partial charge in [0.25, 0.3) is 10.0 Å². The van der Waals surface area contributed by atoms with E-state index in [0.29, 0.717) is 36.5 Å². The molecule has 0 spiro atoms. The van der Waals surface area contributed by atoms with Crippen LogP contribution in [-0.2, 0) is 22.9 Å². The summed E-state index contributed by atoms with van der Waals surface area (Å²) in [6.45, 7) is 1.12. The Labute approximate surface area is 247 Å². The van der Waals surface area contributed by atoms with Gasteiger partial charge in [-0.1, -0.05) is 54.6 Å². The zero-order chi connectivity index (χ0) is 29.5. The average molecular weight is 606 g/mol. The number of aliphatic hydroxyl groups excluding tert-OH is 1. The first-order chi connectivity index (χ1) is 20.3. The summed E-state index contributed by atoms with van der Waals surface area (Å²) in [6.07, 6.45) is 0.637. The lowest BCUT2D eigenvalue weighted by molar-refractivity contribution is 0.175. The molecule has 5 rings (SSSR count). The van der Waals surface area contributed by atoms with Gasteiger partial charge in [0.2, 0.25) is 0 Å². The van der Waals surface area contributed by atoms with Gasteiger partial charge in [-0.15, -0.1) is 11.3 Å². The van der Waals surface area contributed by atoms with E-state index in [9.17, 15) is 22.3 Å². The van der Waals surface area contributed by atoms with Gasteiger partial charge in [-0.25, -0.2) is 22.2 Å². The second kappa shape index (κ2) is 13.3. The number of benzene rings is 4. The topological polar surface area (TPSA) is 91.3 Å². The van der Waals surface area contributed by atoms with Crippen molar-refractivity contribution in [3.8, 4) is 11.3 Å². The summed E-state index contributed by atoms with van der Waals surface area (Å²) in [6, 6.07) is 26.9. The molecular weight excluding hydrogens is 577 g/mol. The molecule has 1 heterocycles. The number of aliphatic hydroxyl groups is 1. The van der Waals surface area contributed by atoms with Crippen molar-refractivity contribution in [3.63, 3.8) is 0 Å². The second-order valence-electron chi connectivity index (χ2n) is 9.76. The second-order valence-corrected chi connectivity index (χ2v) is 12.4. The molecule has 0 saturated heterocycles. The van der Waals surface area contributed by atoms with Crippen LogP contribution in [0.4, 0.5) is 14.5 Å². The number of hydrogen-bond donors (Lipinski definition) is 3. The largest absolute Gasteiger partial charge is 0.387 e. The molecule has 0 aliphatic carbocycles. The number of nitrogens with zero attached hydrogens (tertiary/aromatic N) is 1. The van der Waals surface area contributed by atoms with E-state index in [-0.39, 0.29) is 4.90 Å². The van der Waals surface area contributed by atoms with Crippen LogP contribution in [0.25, 0.3) is 11.3 Å². The Morgan fingerprint density at radius 3 is 2.29 bits per heavy atom. The minimum atomic E-state index is -3.78. The van der Waals surface area contributed by atoms with Crippen molar-refractivity contribution in [2.45, 2.75) is 23.8 Å². The summed E-state index contributed by atoms with van der Waals surface area (Å²) < 4.78 is 55.3. The molecule has 4 aromatic carbocycles. The maximum atomic E-state index is 13.6. The van der Waals surface area contributed by atoms with Crippen molar-refractivity contribution in [3.05, 3.63) is 136 Å². The van der Waals surface area contributed by atoms with Gasteiger partial charge < -0.3 is 10.4 Å². The molecule has 10 heteroatoms. The fraction of sp³-hybridized carbons (Fsp3) is 0.156. The van der Waals surface area contributed by atoms with E-state index < -0.39 is 27.8 Å². The first-order valence-electron chi connectivity index (χ1n) is 13.3. The average Bonchev–Trinajstić information content (AvgIpc) is 3.46. The van der Waals surface area contributed by atoms with Crippen molar-refractivity contribution in [1.82, 2.24) is 10.3 Å². The summed E-state index contributed by atoms with van der Waals surface area (Å²) in [5.41, 5.74) is 4.29. The highest BCUT2D eigenvalue weighted by Crippen LogP contribution is 2.25. The number of hydrogen-bond acceptors (Lipinski definition) is 6. The third-order valence-corrected chi connectivity index (χ3v) is 8.92. The number of nitrogens with one attached hydrogen (secondary N) is 2. The molecule has 1 atom stereocenters. The number of halogens is 2. The predicted octanol–water partition coefficient (Wildman–Crippen LogP) is 6.35. The SMILES string of the molecule is O=S(=O)(Nc1ccc(CCNC[C@H](O)c2ccccc2)cc1)c1ccc(Cc2nc(-c3ccc(F)c(F)c3)cs2)cc1. The summed E-state index contributed by atoms with van der Waals surface area (Å²) in [5.74, 6) is -1.83. The molecule has 0 amide bonds. The normalized spacial score (nSPS) is 12.3. The minimum absolute atomic E-state index is 0.137. The zero-order valence-electron chi connectivity index (χ0n) is 22.5. The minimum Gasteiger partial charge on any atom is -0.387 e. The van der Waals surface area contributed by atoms with Crippen LogP contribution in [0.2, 0.25) is 0 Å². The molecular formula is C32H29F2N3O3S2. The lowest BCUT2D eigenvalue weighted by Crippen LogP contribution is -2.23. The van der Waals surface area contributed by atoms with E-state index in [1.807, 2.05) is 42.5 Å². The van der Waals surface area contributed by atoms with Gasteiger partial charge in [0, 0.05) is 29.6 Å². The molecule has 0 aliphatic rings. The Morgan fingerprint density at radius 2 is 1.57 bits per heavy atom.